The summed E-state index contributed by atoms with van der Waals surface area (Å²) >= 11 is 0. The zero-order chi connectivity index (χ0) is 17.2. The lowest BCUT2D eigenvalue weighted by Crippen LogP contribution is -2.21. The molecule has 0 fully saturated rings. The van der Waals surface area contributed by atoms with Crippen LogP contribution in [0.15, 0.2) is 5.11 Å². The lowest BCUT2D eigenvalue weighted by molar-refractivity contribution is 0.0168. The molecule has 11 heteroatoms. The van der Waals surface area contributed by atoms with Crippen molar-refractivity contribution in [3.63, 3.8) is 0 Å². The van der Waals surface area contributed by atoms with E-state index in [1.165, 1.54) is 0 Å². The van der Waals surface area contributed by atoms with Crippen LogP contribution in [0.25, 0.3) is 10.4 Å². The van der Waals surface area contributed by atoms with Crippen LogP contribution in [0.3, 0.4) is 0 Å². The predicted octanol–water partition coefficient (Wildman–Crippen LogP) is 2.12. The molecule has 0 aliphatic carbocycles. The van der Waals surface area contributed by atoms with E-state index in [2.05, 4.69) is 15.1 Å². The van der Waals surface area contributed by atoms with Gasteiger partial charge in [-0.25, -0.2) is 9.65 Å². The Balaban J connectivity index is 3.38. The highest BCUT2D eigenvalue weighted by molar-refractivity contribution is 7.51. The Morgan fingerprint density at radius 3 is 2.00 bits per heavy atom. The highest BCUT2D eigenvalue weighted by Crippen LogP contribution is 2.42. The number of azide groups is 1. The van der Waals surface area contributed by atoms with Crippen molar-refractivity contribution in [2.75, 3.05) is 65.9 Å². The van der Waals surface area contributed by atoms with Crippen LogP contribution in [0.1, 0.15) is 13.8 Å². The van der Waals surface area contributed by atoms with E-state index in [4.69, 9.17) is 28.8 Å². The predicted molar refractivity (Wildman–Crippen MR) is 85.3 cm³/mol. The van der Waals surface area contributed by atoms with E-state index >= 15 is 0 Å². The molecule has 0 radical (unpaired) electrons. The molecule has 0 spiro atoms. The molecule has 1 N–H and O–H groups in total. The van der Waals surface area contributed by atoms with Gasteiger partial charge in [0.25, 0.3) is 0 Å². The summed E-state index contributed by atoms with van der Waals surface area (Å²) in [6, 6.07) is 0. The van der Waals surface area contributed by atoms with Gasteiger partial charge in [0.2, 0.25) is 0 Å². The number of hydrogen-bond acceptors (Lipinski definition) is 7. The standard InChI is InChI=1S/C12H27N4O6P/c1-3-21-23(17,22-4-2)15-6-8-19-10-12-20-11-9-18-7-5-14-16-13/h3-12H2,1-2H3,(H,15,17). The van der Waals surface area contributed by atoms with E-state index in [-0.39, 0.29) is 0 Å². The van der Waals surface area contributed by atoms with E-state index in [1.807, 2.05) is 0 Å². The van der Waals surface area contributed by atoms with Crippen molar-refractivity contribution in [2.24, 2.45) is 5.11 Å². The smallest absolute Gasteiger partial charge is 0.379 e. The molecular weight excluding hydrogens is 327 g/mol. The number of hydrogen-bond donors (Lipinski definition) is 1. The minimum Gasteiger partial charge on any atom is -0.379 e. The van der Waals surface area contributed by atoms with Gasteiger partial charge in [-0.15, -0.1) is 0 Å². The van der Waals surface area contributed by atoms with Crippen molar-refractivity contribution in [1.82, 2.24) is 5.09 Å². The van der Waals surface area contributed by atoms with Gasteiger partial charge in [-0.2, -0.15) is 0 Å². The van der Waals surface area contributed by atoms with Gasteiger partial charge in [-0.1, -0.05) is 5.11 Å². The number of rotatable bonds is 17. The third-order valence-corrected chi connectivity index (χ3v) is 4.10. The maximum absolute atomic E-state index is 12.0. The quantitative estimate of drug-likeness (QED) is 0.139. The fourth-order valence-electron chi connectivity index (χ4n) is 1.42. The molecule has 0 rings (SSSR count). The van der Waals surface area contributed by atoms with Gasteiger partial charge in [0.05, 0.1) is 52.9 Å². The first kappa shape index (κ1) is 22.3. The van der Waals surface area contributed by atoms with Gasteiger partial charge in [0.1, 0.15) is 0 Å². The van der Waals surface area contributed by atoms with E-state index in [0.717, 1.165) is 0 Å². The third kappa shape index (κ3) is 14.6. The molecule has 0 atom stereocenters. The van der Waals surface area contributed by atoms with Crippen LogP contribution in [0.2, 0.25) is 0 Å². The van der Waals surface area contributed by atoms with Crippen molar-refractivity contribution in [2.45, 2.75) is 13.8 Å². The Morgan fingerprint density at radius 2 is 1.48 bits per heavy atom. The zero-order valence-electron chi connectivity index (χ0n) is 13.8. The monoisotopic (exact) mass is 354 g/mol. The molecule has 136 valence electrons. The van der Waals surface area contributed by atoms with Crippen LogP contribution >= 0.6 is 7.75 Å². The SMILES string of the molecule is CCOP(=O)(NCCOCCOCCOCCN=[N+]=[N-])OCC. The van der Waals surface area contributed by atoms with Crippen molar-refractivity contribution >= 4 is 7.75 Å². The normalized spacial score (nSPS) is 11.4. The summed E-state index contributed by atoms with van der Waals surface area (Å²) in [6.07, 6.45) is 0. The van der Waals surface area contributed by atoms with E-state index < -0.39 is 7.75 Å². The second-order valence-corrected chi connectivity index (χ2v) is 5.86. The van der Waals surface area contributed by atoms with E-state index in [0.29, 0.717) is 65.9 Å². The van der Waals surface area contributed by atoms with Crippen molar-refractivity contribution in [3.05, 3.63) is 10.4 Å². The largest absolute Gasteiger partial charge is 0.405 e. The fraction of sp³-hybridized carbons (Fsp3) is 1.00. The molecule has 0 saturated carbocycles. The first-order valence-electron chi connectivity index (χ1n) is 7.56. The molecule has 0 heterocycles. The maximum atomic E-state index is 12.0. The Hall–Kier alpha value is -0.700. The maximum Gasteiger partial charge on any atom is 0.405 e. The second-order valence-electron chi connectivity index (χ2n) is 4.03. The first-order chi connectivity index (χ1) is 11.2. The Labute approximate surface area is 137 Å². The lowest BCUT2D eigenvalue weighted by atomic mass is 10.7. The van der Waals surface area contributed by atoms with Gasteiger partial charge < -0.3 is 14.2 Å². The van der Waals surface area contributed by atoms with E-state index in [1.54, 1.807) is 13.8 Å². The van der Waals surface area contributed by atoms with Crippen LogP contribution in [0.4, 0.5) is 0 Å². The van der Waals surface area contributed by atoms with Crippen LogP contribution in [-0.2, 0) is 27.8 Å². The summed E-state index contributed by atoms with van der Waals surface area (Å²) in [6.45, 7) is 7.31. The molecule has 0 aliphatic rings. The summed E-state index contributed by atoms with van der Waals surface area (Å²) in [5, 5.41) is 6.06. The van der Waals surface area contributed by atoms with E-state index in [9.17, 15) is 4.57 Å². The van der Waals surface area contributed by atoms with Crippen LogP contribution in [-0.4, -0.2) is 65.9 Å². The zero-order valence-corrected chi connectivity index (χ0v) is 14.7. The molecule has 0 amide bonds. The van der Waals surface area contributed by atoms with Crippen molar-refractivity contribution in [1.29, 1.82) is 0 Å². The second kappa shape index (κ2) is 16.2. The highest BCUT2D eigenvalue weighted by atomic mass is 31.2. The summed E-state index contributed by atoms with van der Waals surface area (Å²) in [5.74, 6) is 0. The Bertz CT molecular complexity index is 357. The average Bonchev–Trinajstić information content (AvgIpc) is 2.52. The highest BCUT2D eigenvalue weighted by Gasteiger charge is 2.22. The Kier molecular flexibility index (Phi) is 15.7. The van der Waals surface area contributed by atoms with Crippen LogP contribution < -0.4 is 5.09 Å². The van der Waals surface area contributed by atoms with Gasteiger partial charge in [-0.3, -0.25) is 9.05 Å². The molecular formula is C12H27N4O6P. The van der Waals surface area contributed by atoms with Gasteiger partial charge in [-0.05, 0) is 19.4 Å². The summed E-state index contributed by atoms with van der Waals surface area (Å²) in [4.78, 5) is 2.61. The summed E-state index contributed by atoms with van der Waals surface area (Å²) < 4.78 is 38.0. The molecule has 0 aromatic heterocycles. The van der Waals surface area contributed by atoms with Crippen LogP contribution in [0, 0.1) is 0 Å². The molecule has 23 heavy (non-hydrogen) atoms. The number of ether oxygens (including phenoxy) is 3. The molecule has 0 unspecified atom stereocenters. The van der Waals surface area contributed by atoms with Gasteiger partial charge in [0, 0.05) is 18.0 Å². The van der Waals surface area contributed by atoms with Crippen LogP contribution in [0.5, 0.6) is 0 Å². The van der Waals surface area contributed by atoms with Crippen molar-refractivity contribution < 1.29 is 27.8 Å². The number of nitrogens with zero attached hydrogens (tertiary/aromatic N) is 3. The molecule has 0 aromatic rings. The molecule has 0 saturated heterocycles. The Morgan fingerprint density at radius 1 is 0.957 bits per heavy atom. The summed E-state index contributed by atoms with van der Waals surface area (Å²) in [5.41, 5.74) is 8.06. The lowest BCUT2D eigenvalue weighted by Gasteiger charge is -2.17. The molecule has 10 nitrogen and oxygen atoms in total. The minimum atomic E-state index is -3.21. The topological polar surface area (TPSA) is 124 Å². The average molecular weight is 354 g/mol. The third-order valence-electron chi connectivity index (χ3n) is 2.29. The number of nitrogens with one attached hydrogen (secondary N) is 1. The first-order valence-corrected chi connectivity index (χ1v) is 9.11. The minimum absolute atomic E-state index is 0.309. The summed E-state index contributed by atoms with van der Waals surface area (Å²) in [7, 11) is -3.21. The fourth-order valence-corrected chi connectivity index (χ4v) is 2.72. The van der Waals surface area contributed by atoms with Gasteiger partial charge >= 0.3 is 7.75 Å². The molecule has 0 aliphatic heterocycles. The molecule has 0 aromatic carbocycles. The van der Waals surface area contributed by atoms with Gasteiger partial charge in [0.15, 0.2) is 0 Å². The van der Waals surface area contributed by atoms with Crippen molar-refractivity contribution in [3.8, 4) is 0 Å². The molecule has 0 bridgehead atoms.